The molecule has 2 aliphatic heterocycles. The number of carbonyl (C=O) groups excluding carboxylic acids is 1. The van der Waals surface area contributed by atoms with Crippen molar-refractivity contribution in [2.75, 3.05) is 50.8 Å². The number of carbonyl (C=O) groups is 1. The Kier molecular flexibility index (Phi) is 4.71. The van der Waals surface area contributed by atoms with E-state index in [0.29, 0.717) is 18.8 Å². The normalized spacial score (nSPS) is 24.2. The summed E-state index contributed by atoms with van der Waals surface area (Å²) in [5.74, 6) is -0.343. The molecule has 2 aliphatic rings. The van der Waals surface area contributed by atoms with Crippen LogP contribution in [0.2, 0.25) is 0 Å². The zero-order valence-corrected chi connectivity index (χ0v) is 12.6. The van der Waals surface area contributed by atoms with Crippen molar-refractivity contribution in [2.24, 2.45) is 0 Å². The molecule has 22 heavy (non-hydrogen) atoms. The zero-order chi connectivity index (χ0) is 15.5. The number of halogens is 1. The van der Waals surface area contributed by atoms with E-state index in [0.717, 1.165) is 32.6 Å². The number of anilines is 1. The summed E-state index contributed by atoms with van der Waals surface area (Å²) in [6.45, 7) is 4.80. The van der Waals surface area contributed by atoms with Crippen LogP contribution in [0.15, 0.2) is 24.3 Å². The molecule has 1 amide bonds. The second-order valence-electron chi connectivity index (χ2n) is 5.85. The van der Waals surface area contributed by atoms with Crippen LogP contribution >= 0.6 is 0 Å². The lowest BCUT2D eigenvalue weighted by Crippen LogP contribution is -2.53. The van der Waals surface area contributed by atoms with E-state index in [2.05, 4.69) is 9.80 Å². The fourth-order valence-electron chi connectivity index (χ4n) is 3.35. The second kappa shape index (κ2) is 6.73. The number of hydrogen-bond donors (Lipinski definition) is 1. The summed E-state index contributed by atoms with van der Waals surface area (Å²) in [6, 6.07) is 6.30. The Labute approximate surface area is 129 Å². The molecule has 3 rings (SSSR count). The number of β-amino-alcohol motifs (C(OH)–C–C–N with tert-alkyl or cyclic N) is 1. The summed E-state index contributed by atoms with van der Waals surface area (Å²) >= 11 is 0. The molecule has 1 aromatic carbocycles. The number of hydrogen-bond acceptors (Lipinski definition) is 4. The molecule has 0 spiro atoms. The standard InChI is InChI=1S/C16H22FN3O2/c17-13-3-1-2-4-14(13)20-6-5-15(16(20)22)19-9-7-18(8-10-19)11-12-21/h1-4,15,21H,5-12H2. The van der Waals surface area contributed by atoms with Gasteiger partial charge in [-0.3, -0.25) is 14.6 Å². The van der Waals surface area contributed by atoms with Crippen molar-refractivity contribution in [1.29, 1.82) is 0 Å². The average Bonchev–Trinajstić information content (AvgIpc) is 2.91. The highest BCUT2D eigenvalue weighted by molar-refractivity contribution is 5.99. The first-order valence-electron chi connectivity index (χ1n) is 7.84. The van der Waals surface area contributed by atoms with Gasteiger partial charge in [-0.05, 0) is 18.6 Å². The average molecular weight is 307 g/mol. The highest BCUT2D eigenvalue weighted by Gasteiger charge is 2.38. The molecule has 0 aliphatic carbocycles. The van der Waals surface area contributed by atoms with Crippen molar-refractivity contribution < 1.29 is 14.3 Å². The Morgan fingerprint density at radius 2 is 1.86 bits per heavy atom. The van der Waals surface area contributed by atoms with Crippen LogP contribution in [0.4, 0.5) is 10.1 Å². The molecule has 6 heteroatoms. The Balaban J connectivity index is 1.64. The number of para-hydroxylation sites is 1. The van der Waals surface area contributed by atoms with E-state index < -0.39 is 0 Å². The van der Waals surface area contributed by atoms with Gasteiger partial charge in [0.25, 0.3) is 0 Å². The number of aliphatic hydroxyl groups excluding tert-OH is 1. The molecule has 1 N–H and O–H groups in total. The highest BCUT2D eigenvalue weighted by atomic mass is 19.1. The number of nitrogens with zero attached hydrogens (tertiary/aromatic N) is 3. The Morgan fingerprint density at radius 1 is 1.14 bits per heavy atom. The van der Waals surface area contributed by atoms with Gasteiger partial charge in [0.2, 0.25) is 5.91 Å². The summed E-state index contributed by atoms with van der Waals surface area (Å²) in [7, 11) is 0. The molecule has 2 heterocycles. The summed E-state index contributed by atoms with van der Waals surface area (Å²) in [5, 5.41) is 8.97. The Morgan fingerprint density at radius 3 is 2.55 bits per heavy atom. The predicted molar refractivity (Wildman–Crippen MR) is 82.3 cm³/mol. The molecule has 5 nitrogen and oxygen atoms in total. The van der Waals surface area contributed by atoms with Crippen molar-refractivity contribution >= 4 is 11.6 Å². The highest BCUT2D eigenvalue weighted by Crippen LogP contribution is 2.27. The fourth-order valence-corrected chi connectivity index (χ4v) is 3.35. The van der Waals surface area contributed by atoms with Gasteiger partial charge in [0, 0.05) is 39.3 Å². The number of amides is 1. The predicted octanol–water partition coefficient (Wildman–Crippen LogP) is 0.541. The monoisotopic (exact) mass is 307 g/mol. The van der Waals surface area contributed by atoms with E-state index >= 15 is 0 Å². The van der Waals surface area contributed by atoms with E-state index in [-0.39, 0.29) is 24.4 Å². The lowest BCUT2D eigenvalue weighted by Gasteiger charge is -2.37. The molecule has 120 valence electrons. The van der Waals surface area contributed by atoms with Gasteiger partial charge < -0.3 is 10.0 Å². The largest absolute Gasteiger partial charge is 0.395 e. The number of benzene rings is 1. The maximum absolute atomic E-state index is 13.9. The van der Waals surface area contributed by atoms with Crippen LogP contribution in [0.1, 0.15) is 6.42 Å². The van der Waals surface area contributed by atoms with Gasteiger partial charge in [-0.15, -0.1) is 0 Å². The van der Waals surface area contributed by atoms with Gasteiger partial charge in [-0.2, -0.15) is 0 Å². The number of piperazine rings is 1. The first-order valence-corrected chi connectivity index (χ1v) is 7.84. The maximum Gasteiger partial charge on any atom is 0.244 e. The molecule has 1 atom stereocenters. The molecule has 0 bridgehead atoms. The molecule has 0 radical (unpaired) electrons. The molecule has 0 saturated carbocycles. The minimum Gasteiger partial charge on any atom is -0.395 e. The van der Waals surface area contributed by atoms with Gasteiger partial charge in [0.1, 0.15) is 5.82 Å². The van der Waals surface area contributed by atoms with Gasteiger partial charge >= 0.3 is 0 Å². The third-order valence-corrected chi connectivity index (χ3v) is 4.58. The topological polar surface area (TPSA) is 47.0 Å². The van der Waals surface area contributed by atoms with Crippen molar-refractivity contribution in [3.05, 3.63) is 30.1 Å². The van der Waals surface area contributed by atoms with Crippen LogP contribution in [0.3, 0.4) is 0 Å². The molecular formula is C16H22FN3O2. The van der Waals surface area contributed by atoms with Crippen LogP contribution in [0.5, 0.6) is 0 Å². The third-order valence-electron chi connectivity index (χ3n) is 4.58. The Bertz CT molecular complexity index is 532. The van der Waals surface area contributed by atoms with Crippen LogP contribution in [0.25, 0.3) is 0 Å². The summed E-state index contributed by atoms with van der Waals surface area (Å²) in [5.41, 5.74) is 0.383. The third kappa shape index (κ3) is 2.99. The van der Waals surface area contributed by atoms with Crippen molar-refractivity contribution in [3.8, 4) is 0 Å². The zero-order valence-electron chi connectivity index (χ0n) is 12.6. The van der Waals surface area contributed by atoms with E-state index in [4.69, 9.17) is 5.11 Å². The molecular weight excluding hydrogens is 285 g/mol. The van der Waals surface area contributed by atoms with Gasteiger partial charge in [0.15, 0.2) is 0 Å². The SMILES string of the molecule is O=C1C(N2CCN(CCO)CC2)CCN1c1ccccc1F. The van der Waals surface area contributed by atoms with Gasteiger partial charge in [-0.25, -0.2) is 4.39 Å². The van der Waals surface area contributed by atoms with E-state index in [9.17, 15) is 9.18 Å². The first-order chi connectivity index (χ1) is 10.7. The van der Waals surface area contributed by atoms with Crippen molar-refractivity contribution in [3.63, 3.8) is 0 Å². The minimum atomic E-state index is -0.343. The van der Waals surface area contributed by atoms with Crippen LogP contribution in [-0.4, -0.2) is 72.7 Å². The minimum absolute atomic E-state index is 0.000656. The van der Waals surface area contributed by atoms with Crippen LogP contribution < -0.4 is 4.90 Å². The quantitative estimate of drug-likeness (QED) is 0.882. The van der Waals surface area contributed by atoms with Crippen LogP contribution in [-0.2, 0) is 4.79 Å². The van der Waals surface area contributed by atoms with Crippen molar-refractivity contribution in [2.45, 2.75) is 12.5 Å². The molecule has 0 aromatic heterocycles. The van der Waals surface area contributed by atoms with Crippen molar-refractivity contribution in [1.82, 2.24) is 9.80 Å². The maximum atomic E-state index is 13.9. The summed E-state index contributed by atoms with van der Waals surface area (Å²) in [4.78, 5) is 18.6. The molecule has 1 unspecified atom stereocenters. The molecule has 2 fully saturated rings. The second-order valence-corrected chi connectivity index (χ2v) is 5.85. The van der Waals surface area contributed by atoms with E-state index in [1.807, 2.05) is 0 Å². The smallest absolute Gasteiger partial charge is 0.244 e. The van der Waals surface area contributed by atoms with E-state index in [1.54, 1.807) is 23.1 Å². The molecule has 1 aromatic rings. The first kappa shape index (κ1) is 15.4. The lowest BCUT2D eigenvalue weighted by atomic mass is 10.2. The number of rotatable bonds is 4. The fraction of sp³-hybridized carbons (Fsp3) is 0.562. The summed E-state index contributed by atoms with van der Waals surface area (Å²) in [6.07, 6.45) is 0.743. The lowest BCUT2D eigenvalue weighted by molar-refractivity contribution is -0.122. The Hall–Kier alpha value is -1.50. The van der Waals surface area contributed by atoms with Crippen LogP contribution in [0, 0.1) is 5.82 Å². The van der Waals surface area contributed by atoms with Gasteiger partial charge in [-0.1, -0.05) is 12.1 Å². The van der Waals surface area contributed by atoms with E-state index in [1.165, 1.54) is 6.07 Å². The number of aliphatic hydroxyl groups is 1. The molecule has 2 saturated heterocycles. The van der Waals surface area contributed by atoms with Gasteiger partial charge in [0.05, 0.1) is 18.3 Å². The summed E-state index contributed by atoms with van der Waals surface area (Å²) < 4.78 is 13.9.